The summed E-state index contributed by atoms with van der Waals surface area (Å²) in [5, 5.41) is 5.32. The van der Waals surface area contributed by atoms with Crippen molar-refractivity contribution in [1.82, 2.24) is 40.4 Å². The summed E-state index contributed by atoms with van der Waals surface area (Å²) in [5.41, 5.74) is 11.3. The van der Waals surface area contributed by atoms with E-state index in [0.29, 0.717) is 18.9 Å². The average Bonchev–Trinajstić information content (AvgIpc) is 4.13. The Kier molecular flexibility index (Phi) is 11.0. The molecule has 5 aromatic rings. The first-order chi connectivity index (χ1) is 30.0. The predicted molar refractivity (Wildman–Crippen MR) is 236 cm³/mol. The monoisotopic (exact) mass is 840 g/mol. The quantitative estimate of drug-likeness (QED) is 0.108. The molecule has 324 valence electrons. The zero-order chi connectivity index (χ0) is 43.3. The van der Waals surface area contributed by atoms with Crippen LogP contribution in [0.15, 0.2) is 60.7 Å². The first kappa shape index (κ1) is 41.2. The summed E-state index contributed by atoms with van der Waals surface area (Å²) >= 11 is 0. The van der Waals surface area contributed by atoms with Gasteiger partial charge in [0.1, 0.15) is 29.8 Å². The fourth-order valence-corrected chi connectivity index (χ4v) is 10.5. The lowest BCUT2D eigenvalue weighted by atomic mass is 9.72. The number of fused-ring (bicyclic) bond motifs is 3. The molecule has 4 N–H and O–H groups in total. The van der Waals surface area contributed by atoms with Crippen molar-refractivity contribution < 1.29 is 28.7 Å². The molecule has 4 aliphatic rings. The van der Waals surface area contributed by atoms with Crippen molar-refractivity contribution in [1.29, 1.82) is 0 Å². The summed E-state index contributed by atoms with van der Waals surface area (Å²) in [7, 11) is 2.58. The molecule has 4 atom stereocenters. The highest BCUT2D eigenvalue weighted by molar-refractivity contribution is 5.90. The molecule has 14 heteroatoms. The molecule has 2 aromatic heterocycles. The number of rotatable bonds is 9. The molecule has 2 aliphatic carbocycles. The lowest BCUT2D eigenvalue weighted by molar-refractivity contribution is -0.135. The van der Waals surface area contributed by atoms with Gasteiger partial charge in [-0.2, -0.15) is 0 Å². The topological polar surface area (TPSA) is 175 Å². The average molecular weight is 841 g/mol. The highest BCUT2D eigenvalue weighted by Gasteiger charge is 2.41. The van der Waals surface area contributed by atoms with Crippen molar-refractivity contribution >= 4 is 46.1 Å². The van der Waals surface area contributed by atoms with Gasteiger partial charge in [0.2, 0.25) is 11.8 Å². The van der Waals surface area contributed by atoms with Gasteiger partial charge >= 0.3 is 12.2 Å². The van der Waals surface area contributed by atoms with Crippen molar-refractivity contribution in [3.8, 4) is 22.3 Å². The summed E-state index contributed by atoms with van der Waals surface area (Å²) < 4.78 is 9.53. The van der Waals surface area contributed by atoms with Gasteiger partial charge in [0.05, 0.1) is 42.3 Å². The highest BCUT2D eigenvalue weighted by atomic mass is 16.5. The Morgan fingerprint density at radius 2 is 1.34 bits per heavy atom. The van der Waals surface area contributed by atoms with Crippen LogP contribution in [0.2, 0.25) is 0 Å². The van der Waals surface area contributed by atoms with E-state index in [9.17, 15) is 19.2 Å². The number of hydrogen-bond acceptors (Lipinski definition) is 8. The number of carbonyl (C=O) groups is 4. The number of likely N-dealkylation sites (tertiary alicyclic amines) is 1. The smallest absolute Gasteiger partial charge is 0.407 e. The van der Waals surface area contributed by atoms with Gasteiger partial charge in [0.25, 0.3) is 0 Å². The number of amides is 4. The van der Waals surface area contributed by atoms with Crippen LogP contribution in [0, 0.1) is 11.3 Å². The fraction of sp³-hybridized carbons (Fsp3) is 0.458. The predicted octanol–water partition coefficient (Wildman–Crippen LogP) is 8.05. The van der Waals surface area contributed by atoms with Crippen LogP contribution >= 0.6 is 0 Å². The van der Waals surface area contributed by atoms with Crippen LogP contribution < -0.4 is 10.6 Å². The van der Waals surface area contributed by atoms with Gasteiger partial charge in [-0.25, -0.2) is 19.6 Å². The minimum absolute atomic E-state index is 0.110. The molecule has 1 saturated heterocycles. The number of nitrogens with zero attached hydrogens (tertiary/aromatic N) is 4. The molecule has 1 saturated carbocycles. The minimum atomic E-state index is -0.751. The first-order valence-corrected chi connectivity index (χ1v) is 22.1. The zero-order valence-corrected chi connectivity index (χ0v) is 36.2. The maximum Gasteiger partial charge on any atom is 0.407 e. The van der Waals surface area contributed by atoms with Crippen LogP contribution in [-0.4, -0.2) is 93.1 Å². The van der Waals surface area contributed by atoms with Gasteiger partial charge < -0.3 is 39.9 Å². The maximum absolute atomic E-state index is 13.8. The van der Waals surface area contributed by atoms with Crippen LogP contribution in [0.25, 0.3) is 44.3 Å². The molecule has 0 bridgehead atoms. The lowest BCUT2D eigenvalue weighted by Gasteiger charge is -2.33. The standard InChI is InChI=1S/C48H56N8O6/c1-27(2)41(54-47(60)62-5)45(58)56-22-10-12-40(56)43-51-36-18-14-30(24-38(36)53-43)32-16-15-31(33-25-48(26-34(32)33)19-7-6-8-20-48)29-13-17-35-37(23-29)52-42(50-35)39-11-9-21-55(39)44(57)28(3)49-46(59)61-4/h9,11,13-18,23-24,27-28,39-41H,6-8,10,12,19-22,25-26H2,1-5H3,(H,49,59)(H,50,52)(H,51,53)(H,54,60)/t28-,39+,40+,41?/m1/s1. The molecule has 4 amide bonds. The van der Waals surface area contributed by atoms with Crippen molar-refractivity contribution in [2.75, 3.05) is 27.3 Å². The molecule has 2 fully saturated rings. The molecular weight excluding hydrogens is 785 g/mol. The number of ether oxygens (including phenoxy) is 2. The van der Waals surface area contributed by atoms with Crippen LogP contribution in [-0.2, 0) is 31.9 Å². The van der Waals surface area contributed by atoms with E-state index in [-0.39, 0.29) is 35.2 Å². The first-order valence-electron chi connectivity index (χ1n) is 22.1. The number of methoxy groups -OCH3 is 2. The number of aromatic nitrogens is 4. The Labute approximate surface area is 361 Å². The van der Waals surface area contributed by atoms with Gasteiger partial charge in [0.15, 0.2) is 0 Å². The van der Waals surface area contributed by atoms with Gasteiger partial charge in [0, 0.05) is 13.1 Å². The lowest BCUT2D eigenvalue weighted by Crippen LogP contribution is -2.51. The molecule has 2 aliphatic heterocycles. The number of nitrogens with one attached hydrogen (secondary N) is 4. The van der Waals surface area contributed by atoms with E-state index in [0.717, 1.165) is 64.7 Å². The van der Waals surface area contributed by atoms with E-state index in [4.69, 9.17) is 19.4 Å². The van der Waals surface area contributed by atoms with Gasteiger partial charge in [-0.05, 0) is 114 Å². The van der Waals surface area contributed by atoms with Crippen molar-refractivity contribution in [2.45, 2.75) is 103 Å². The molecule has 14 nitrogen and oxygen atoms in total. The number of alkyl carbamates (subject to hydrolysis) is 2. The fourth-order valence-electron chi connectivity index (χ4n) is 10.5. The summed E-state index contributed by atoms with van der Waals surface area (Å²) in [6, 6.07) is 15.4. The number of carbonyl (C=O) groups excluding carboxylic acids is 4. The number of H-pyrrole nitrogens is 2. The normalized spacial score (nSPS) is 20.2. The van der Waals surface area contributed by atoms with Crippen LogP contribution in [0.3, 0.4) is 0 Å². The second kappa shape index (κ2) is 16.6. The Hall–Kier alpha value is -6.18. The minimum Gasteiger partial charge on any atom is -0.453 e. The van der Waals surface area contributed by atoms with Crippen LogP contribution in [0.5, 0.6) is 0 Å². The van der Waals surface area contributed by atoms with Gasteiger partial charge in [-0.3, -0.25) is 9.59 Å². The van der Waals surface area contributed by atoms with E-state index in [1.807, 2.05) is 30.9 Å². The Bertz CT molecular complexity index is 2590. The summed E-state index contributed by atoms with van der Waals surface area (Å²) in [6.45, 7) is 6.51. The molecule has 9 rings (SSSR count). The molecule has 1 unspecified atom stereocenters. The van der Waals surface area contributed by atoms with Crippen LogP contribution in [0.1, 0.15) is 101 Å². The Morgan fingerprint density at radius 1 is 0.742 bits per heavy atom. The SMILES string of the molecule is COC(=O)NC(C(=O)N1CCC[C@H]1c1nc2ccc(-c3ccc(-c4ccc5nc([C@@H]6C=CCN6C(=O)[C@@H](C)NC(=O)OC)[nH]c5c4)c4c3CC3(CCCCC3)C4)cc2[nH]1)C(C)C. The molecule has 0 radical (unpaired) electrons. The summed E-state index contributed by atoms with van der Waals surface area (Å²) in [6.07, 6.45) is 12.7. The third-order valence-electron chi connectivity index (χ3n) is 13.7. The molecule has 62 heavy (non-hydrogen) atoms. The second-order valence-corrected chi connectivity index (χ2v) is 18.0. The number of hydrogen-bond donors (Lipinski definition) is 4. The third kappa shape index (κ3) is 7.57. The van der Waals surface area contributed by atoms with Gasteiger partial charge in [-0.1, -0.05) is 69.5 Å². The highest BCUT2D eigenvalue weighted by Crippen LogP contribution is 2.52. The molecule has 4 heterocycles. The van der Waals surface area contributed by atoms with E-state index in [2.05, 4.69) is 69.1 Å². The summed E-state index contributed by atoms with van der Waals surface area (Å²) in [4.78, 5) is 71.8. The second-order valence-electron chi connectivity index (χ2n) is 18.0. The molecule has 1 spiro atoms. The Balaban J connectivity index is 1.02. The number of imidazole rings is 2. The van der Waals surface area contributed by atoms with E-state index in [1.54, 1.807) is 11.8 Å². The largest absolute Gasteiger partial charge is 0.453 e. The van der Waals surface area contributed by atoms with E-state index < -0.39 is 24.3 Å². The van der Waals surface area contributed by atoms with Crippen molar-refractivity contribution in [3.63, 3.8) is 0 Å². The number of aromatic amines is 2. The summed E-state index contributed by atoms with van der Waals surface area (Å²) in [5.74, 6) is 0.979. The molecular formula is C48H56N8O6. The van der Waals surface area contributed by atoms with Crippen molar-refractivity contribution in [2.24, 2.45) is 11.3 Å². The zero-order valence-electron chi connectivity index (χ0n) is 36.2. The molecule has 3 aromatic carbocycles. The van der Waals surface area contributed by atoms with E-state index in [1.165, 1.54) is 68.6 Å². The Morgan fingerprint density at radius 3 is 1.95 bits per heavy atom. The van der Waals surface area contributed by atoms with Gasteiger partial charge in [-0.15, -0.1) is 0 Å². The van der Waals surface area contributed by atoms with Crippen LogP contribution in [0.4, 0.5) is 9.59 Å². The van der Waals surface area contributed by atoms with E-state index >= 15 is 0 Å². The number of benzene rings is 3. The maximum atomic E-state index is 13.8. The van der Waals surface area contributed by atoms with Crippen molar-refractivity contribution in [3.05, 3.63) is 83.5 Å². The third-order valence-corrected chi connectivity index (χ3v) is 13.7.